The Kier molecular flexibility index (Phi) is 7.24. The molecule has 7 rings (SSSR count). The number of phenolic OH excluding ortho intramolecular Hbond substituents is 1. The van der Waals surface area contributed by atoms with E-state index in [-0.39, 0.29) is 30.9 Å². The number of ether oxygens (including phenoxy) is 5. The van der Waals surface area contributed by atoms with Crippen LogP contribution in [0.3, 0.4) is 0 Å². The third kappa shape index (κ3) is 4.26. The first kappa shape index (κ1) is 29.9. The second-order valence-electron chi connectivity index (χ2n) is 12.1. The van der Waals surface area contributed by atoms with Crippen LogP contribution in [-0.2, 0) is 25.5 Å². The maximum atomic E-state index is 13.1. The minimum absolute atomic E-state index is 0.0261. The quantitative estimate of drug-likeness (QED) is 0.293. The highest BCUT2D eigenvalue weighted by Crippen LogP contribution is 2.63. The lowest BCUT2D eigenvalue weighted by molar-refractivity contribution is -0.139. The number of hydrogen-bond donors (Lipinski definition) is 1. The molecular formula is C32H33N3O9S. The molecule has 12 nitrogen and oxygen atoms in total. The number of hydrogen-bond acceptors (Lipinski definition) is 13. The van der Waals surface area contributed by atoms with Crippen LogP contribution < -0.4 is 18.9 Å². The van der Waals surface area contributed by atoms with E-state index < -0.39 is 53.6 Å². The molecule has 0 aliphatic carbocycles. The van der Waals surface area contributed by atoms with Crippen molar-refractivity contribution in [1.29, 1.82) is 5.26 Å². The molecule has 5 aliphatic rings. The van der Waals surface area contributed by atoms with E-state index >= 15 is 0 Å². The Bertz CT molecular complexity index is 1700. The van der Waals surface area contributed by atoms with Gasteiger partial charge >= 0.3 is 5.97 Å². The fourth-order valence-electron chi connectivity index (χ4n) is 8.03. The van der Waals surface area contributed by atoms with E-state index in [1.54, 1.807) is 6.92 Å². The molecular weight excluding hydrogens is 602 g/mol. The van der Waals surface area contributed by atoms with Crippen LogP contribution in [-0.4, -0.2) is 90.5 Å². The van der Waals surface area contributed by atoms with Crippen LogP contribution in [0.5, 0.6) is 28.7 Å². The van der Waals surface area contributed by atoms with Gasteiger partial charge in [0.25, 0.3) is 0 Å². The fraction of sp³-hybridized carbons (Fsp3) is 0.500. The third-order valence-electron chi connectivity index (χ3n) is 9.76. The smallest absolute Gasteiger partial charge is 0.308 e. The zero-order valence-electron chi connectivity index (χ0n) is 25.5. The number of piperazine rings is 1. The van der Waals surface area contributed by atoms with E-state index in [9.17, 15) is 24.8 Å². The zero-order chi connectivity index (χ0) is 31.9. The number of thioether (sulfide) groups is 1. The molecule has 0 saturated carbocycles. The van der Waals surface area contributed by atoms with Gasteiger partial charge in [0.1, 0.15) is 18.4 Å². The molecule has 2 aromatic carbocycles. The van der Waals surface area contributed by atoms with Crippen molar-refractivity contribution in [1.82, 2.24) is 9.80 Å². The first-order valence-corrected chi connectivity index (χ1v) is 15.8. The van der Waals surface area contributed by atoms with Crippen molar-refractivity contribution in [2.45, 2.75) is 62.7 Å². The minimum atomic E-state index is -0.651. The first-order chi connectivity index (χ1) is 21.6. The summed E-state index contributed by atoms with van der Waals surface area (Å²) in [6.45, 7) is 4.48. The van der Waals surface area contributed by atoms with Gasteiger partial charge in [-0.15, -0.1) is 11.8 Å². The molecule has 0 amide bonds. The number of carbonyl (C=O) groups is 3. The van der Waals surface area contributed by atoms with Crippen molar-refractivity contribution in [3.63, 3.8) is 0 Å². The number of likely N-dealkylation sites (N-methyl/N-ethyl adjacent to an activating group) is 1. The maximum Gasteiger partial charge on any atom is 0.308 e. The Labute approximate surface area is 264 Å². The summed E-state index contributed by atoms with van der Waals surface area (Å²) in [5.74, 6) is -0.337. The average molecular weight is 636 g/mol. The highest BCUT2D eigenvalue weighted by atomic mass is 32.2. The van der Waals surface area contributed by atoms with Gasteiger partial charge in [0.2, 0.25) is 18.4 Å². The largest absolute Gasteiger partial charge is 0.504 e. The van der Waals surface area contributed by atoms with Gasteiger partial charge in [0, 0.05) is 41.3 Å². The average Bonchev–Trinajstić information content (AvgIpc) is 3.48. The standard InChI is InChI=1S/C32H33N3O9S/c1-13-6-16-7-17-18(8-33)35-19-9-41-10-20(37)21(38)11-45-32(26(35)25(34(17)4)22(16)27(39)28(13)40-5)24-23(19)31-30(42-12-43-31)14(2)29(24)44-15(3)36/h6,17-19,25-26,32,39H,7,9-12H2,1-5H3/t17-,18-,19-,25+,26?,32+/m0/s1. The summed E-state index contributed by atoms with van der Waals surface area (Å²) in [7, 11) is 3.46. The van der Waals surface area contributed by atoms with Crippen LogP contribution in [0.15, 0.2) is 6.07 Å². The van der Waals surface area contributed by atoms with Crippen molar-refractivity contribution >= 4 is 29.3 Å². The number of aryl methyl sites for hydroxylation is 1. The Morgan fingerprint density at radius 1 is 1.13 bits per heavy atom. The molecule has 236 valence electrons. The predicted molar refractivity (Wildman–Crippen MR) is 160 cm³/mol. The van der Waals surface area contributed by atoms with Crippen LogP contribution in [0, 0.1) is 25.2 Å². The molecule has 13 heteroatoms. The summed E-state index contributed by atoms with van der Waals surface area (Å²) in [4.78, 5) is 42.6. The number of Topliss-reactive ketones (excluding diaryl/α,β-unsaturated/α-hetero) is 2. The molecule has 2 aromatic rings. The summed E-state index contributed by atoms with van der Waals surface area (Å²) in [5.41, 5.74) is 4.22. The highest BCUT2D eigenvalue weighted by Gasteiger charge is 2.60. The Balaban J connectivity index is 1.57. The molecule has 6 atom stereocenters. The zero-order valence-corrected chi connectivity index (χ0v) is 26.4. The van der Waals surface area contributed by atoms with Crippen molar-refractivity contribution in [3.8, 4) is 34.8 Å². The van der Waals surface area contributed by atoms with E-state index in [1.165, 1.54) is 25.8 Å². The van der Waals surface area contributed by atoms with E-state index in [2.05, 4.69) is 15.9 Å². The van der Waals surface area contributed by atoms with Crippen molar-refractivity contribution in [3.05, 3.63) is 39.4 Å². The number of carbonyl (C=O) groups excluding carboxylic acids is 3. The SMILES string of the molecule is COc1c(C)cc2c(c1O)[C@@H]1C3[C@@H]4SCC(=O)C(=O)COC[C@@H](c5c6c(c(C)c(OC(C)=O)c54)OCO6)N3[C@@H](C#N)[C@H](C2)N1C. The Morgan fingerprint density at radius 2 is 1.89 bits per heavy atom. The molecule has 2 fully saturated rings. The first-order valence-electron chi connectivity index (χ1n) is 14.8. The molecule has 4 bridgehead atoms. The lowest BCUT2D eigenvalue weighted by Gasteiger charge is -2.61. The summed E-state index contributed by atoms with van der Waals surface area (Å²) in [6, 6.07) is 2.00. The number of esters is 1. The van der Waals surface area contributed by atoms with Gasteiger partial charge in [-0.1, -0.05) is 6.07 Å². The summed E-state index contributed by atoms with van der Waals surface area (Å²) >= 11 is 1.25. The number of fused-ring (bicyclic) bond motifs is 9. The number of methoxy groups -OCH3 is 1. The number of ketones is 2. The van der Waals surface area contributed by atoms with Crippen LogP contribution in [0.1, 0.15) is 57.6 Å². The fourth-order valence-corrected chi connectivity index (χ4v) is 9.41. The summed E-state index contributed by atoms with van der Waals surface area (Å²) in [5, 5.41) is 22.0. The lowest BCUT2D eigenvalue weighted by atomic mass is 9.71. The summed E-state index contributed by atoms with van der Waals surface area (Å²) < 4.78 is 29.5. The highest BCUT2D eigenvalue weighted by molar-refractivity contribution is 8.00. The molecule has 1 N–H and O–H groups in total. The van der Waals surface area contributed by atoms with Gasteiger partial charge in [0.05, 0.1) is 42.9 Å². The number of nitriles is 1. The molecule has 2 saturated heterocycles. The summed E-state index contributed by atoms with van der Waals surface area (Å²) in [6.07, 6.45) is 0.502. The second-order valence-corrected chi connectivity index (χ2v) is 13.2. The maximum absolute atomic E-state index is 13.1. The molecule has 45 heavy (non-hydrogen) atoms. The van der Waals surface area contributed by atoms with Gasteiger partial charge in [0.15, 0.2) is 23.0 Å². The van der Waals surface area contributed by atoms with Crippen molar-refractivity contribution in [2.75, 3.05) is 39.9 Å². The second kappa shape index (κ2) is 10.9. The van der Waals surface area contributed by atoms with Gasteiger partial charge in [-0.2, -0.15) is 5.26 Å². The molecule has 5 aliphatic heterocycles. The Morgan fingerprint density at radius 3 is 2.60 bits per heavy atom. The van der Waals surface area contributed by atoms with E-state index in [1.807, 2.05) is 20.0 Å². The number of rotatable bonds is 2. The predicted octanol–water partition coefficient (Wildman–Crippen LogP) is 2.84. The van der Waals surface area contributed by atoms with E-state index in [0.717, 1.165) is 11.1 Å². The number of nitrogens with zero attached hydrogens (tertiary/aromatic N) is 3. The monoisotopic (exact) mass is 635 g/mol. The topological polar surface area (TPSA) is 148 Å². The molecule has 1 unspecified atom stereocenters. The van der Waals surface area contributed by atoms with Crippen molar-refractivity contribution in [2.24, 2.45) is 0 Å². The third-order valence-corrected chi connectivity index (χ3v) is 11.1. The van der Waals surface area contributed by atoms with Gasteiger partial charge in [-0.05, 0) is 38.4 Å². The number of phenols is 1. The van der Waals surface area contributed by atoms with E-state index in [4.69, 9.17) is 23.7 Å². The van der Waals surface area contributed by atoms with Crippen LogP contribution >= 0.6 is 11.8 Å². The number of aromatic hydroxyl groups is 1. The lowest BCUT2D eigenvalue weighted by Crippen LogP contribution is -2.69. The Hall–Kier alpha value is -3.83. The van der Waals surface area contributed by atoms with Crippen LogP contribution in [0.2, 0.25) is 0 Å². The van der Waals surface area contributed by atoms with Gasteiger partial charge < -0.3 is 28.8 Å². The van der Waals surface area contributed by atoms with Crippen LogP contribution in [0.25, 0.3) is 0 Å². The van der Waals surface area contributed by atoms with Crippen LogP contribution in [0.4, 0.5) is 0 Å². The molecule has 0 aromatic heterocycles. The van der Waals surface area contributed by atoms with Crippen molar-refractivity contribution < 1.29 is 43.2 Å². The normalized spacial score (nSPS) is 28.8. The molecule has 0 spiro atoms. The van der Waals surface area contributed by atoms with Gasteiger partial charge in [-0.3, -0.25) is 24.2 Å². The molecule has 0 radical (unpaired) electrons. The number of benzene rings is 2. The molecule has 5 heterocycles. The van der Waals surface area contributed by atoms with Gasteiger partial charge in [-0.25, -0.2) is 0 Å². The minimum Gasteiger partial charge on any atom is -0.504 e. The van der Waals surface area contributed by atoms with E-state index in [0.29, 0.717) is 51.7 Å².